The maximum absolute atomic E-state index is 12.6. The van der Waals surface area contributed by atoms with Gasteiger partial charge in [-0.3, -0.25) is 9.59 Å². The average molecular weight is 484 g/mol. The Labute approximate surface area is 178 Å². The van der Waals surface area contributed by atoms with Crippen molar-refractivity contribution in [3.05, 3.63) is 99.1 Å². The molecule has 3 aromatic rings. The largest absolute Gasteiger partial charge is 0.345 e. The smallest absolute Gasteiger partial charge is 0.251 e. The van der Waals surface area contributed by atoms with Crippen molar-refractivity contribution in [3.63, 3.8) is 0 Å². The quantitative estimate of drug-likeness (QED) is 0.479. The molecule has 0 unspecified atom stereocenters. The molecule has 2 N–H and O–H groups in total. The van der Waals surface area contributed by atoms with E-state index < -0.39 is 6.04 Å². The van der Waals surface area contributed by atoms with Gasteiger partial charge in [-0.05, 0) is 71.0 Å². The van der Waals surface area contributed by atoms with Crippen molar-refractivity contribution < 1.29 is 9.59 Å². The van der Waals surface area contributed by atoms with Crippen molar-refractivity contribution in [1.29, 1.82) is 0 Å². The van der Waals surface area contributed by atoms with Crippen molar-refractivity contribution in [2.75, 3.05) is 5.32 Å². The maximum Gasteiger partial charge on any atom is 0.251 e. The van der Waals surface area contributed by atoms with Crippen LogP contribution in [0.1, 0.15) is 33.9 Å². The van der Waals surface area contributed by atoms with Crippen molar-refractivity contribution >= 4 is 40.1 Å². The lowest BCUT2D eigenvalue weighted by molar-refractivity contribution is -0.116. The molecule has 0 bridgehead atoms. The highest BCUT2D eigenvalue weighted by molar-refractivity contribution is 14.1. The van der Waals surface area contributed by atoms with Gasteiger partial charge in [0.2, 0.25) is 5.91 Å². The molecular weight excluding hydrogens is 463 g/mol. The fraction of sp³-hybridized carbons (Fsp3) is 0.130. The Kier molecular flexibility index (Phi) is 6.81. The Morgan fingerprint density at radius 1 is 0.929 bits per heavy atom. The van der Waals surface area contributed by atoms with E-state index in [0.717, 1.165) is 20.4 Å². The highest BCUT2D eigenvalue weighted by Gasteiger charge is 2.19. The van der Waals surface area contributed by atoms with Crippen LogP contribution in [-0.4, -0.2) is 11.8 Å². The van der Waals surface area contributed by atoms with Gasteiger partial charge in [-0.1, -0.05) is 48.5 Å². The number of nitrogens with one attached hydrogen (secondary N) is 2. The van der Waals surface area contributed by atoms with Gasteiger partial charge in [-0.25, -0.2) is 0 Å². The highest BCUT2D eigenvalue weighted by atomic mass is 127. The van der Waals surface area contributed by atoms with Gasteiger partial charge >= 0.3 is 0 Å². The minimum absolute atomic E-state index is 0.146. The molecule has 3 aromatic carbocycles. The zero-order valence-corrected chi connectivity index (χ0v) is 17.6. The monoisotopic (exact) mass is 484 g/mol. The van der Waals surface area contributed by atoms with E-state index in [4.69, 9.17) is 0 Å². The number of halogens is 1. The summed E-state index contributed by atoms with van der Waals surface area (Å²) in [6, 6.07) is 23.9. The number of carbonyl (C=O) groups excluding carboxylic acids is 2. The second kappa shape index (κ2) is 9.50. The Hall–Kier alpha value is -2.67. The zero-order chi connectivity index (χ0) is 19.9. The first-order valence-electron chi connectivity index (χ1n) is 9.00. The van der Waals surface area contributed by atoms with Gasteiger partial charge in [0.25, 0.3) is 5.91 Å². The third-order valence-corrected chi connectivity index (χ3v) is 5.58. The van der Waals surface area contributed by atoms with E-state index in [9.17, 15) is 9.59 Å². The predicted molar refractivity (Wildman–Crippen MR) is 120 cm³/mol. The first-order chi connectivity index (χ1) is 13.5. The number of hydrogen-bond acceptors (Lipinski definition) is 2. The molecule has 0 aliphatic carbocycles. The number of carbonyl (C=O) groups is 2. The molecule has 4 nitrogen and oxygen atoms in total. The number of rotatable bonds is 6. The topological polar surface area (TPSA) is 58.2 Å². The van der Waals surface area contributed by atoms with Crippen LogP contribution in [-0.2, 0) is 4.79 Å². The van der Waals surface area contributed by atoms with Crippen LogP contribution in [0, 0.1) is 10.5 Å². The Morgan fingerprint density at radius 2 is 1.57 bits per heavy atom. The summed E-state index contributed by atoms with van der Waals surface area (Å²) in [4.78, 5) is 25.3. The second-order valence-corrected chi connectivity index (χ2v) is 7.68. The summed E-state index contributed by atoms with van der Waals surface area (Å²) < 4.78 is 1.15. The zero-order valence-electron chi connectivity index (χ0n) is 15.5. The van der Waals surface area contributed by atoms with Crippen molar-refractivity contribution in [2.45, 2.75) is 19.4 Å². The molecule has 142 valence electrons. The van der Waals surface area contributed by atoms with Crippen LogP contribution in [0.2, 0.25) is 0 Å². The van der Waals surface area contributed by atoms with Gasteiger partial charge < -0.3 is 10.6 Å². The number of amides is 2. The Bertz CT molecular complexity index is 959. The second-order valence-electron chi connectivity index (χ2n) is 6.52. The summed E-state index contributed by atoms with van der Waals surface area (Å²) >= 11 is 2.26. The summed E-state index contributed by atoms with van der Waals surface area (Å²) in [5, 5.41) is 5.92. The molecule has 0 spiro atoms. The van der Waals surface area contributed by atoms with Crippen LogP contribution < -0.4 is 10.6 Å². The first-order valence-corrected chi connectivity index (χ1v) is 10.1. The normalized spacial score (nSPS) is 11.5. The van der Waals surface area contributed by atoms with Gasteiger partial charge in [0.05, 0.1) is 12.5 Å². The van der Waals surface area contributed by atoms with Gasteiger partial charge in [0.15, 0.2) is 0 Å². The maximum atomic E-state index is 12.6. The summed E-state index contributed by atoms with van der Waals surface area (Å²) in [6.45, 7) is 2.00. The molecule has 0 aliphatic heterocycles. The molecule has 0 aromatic heterocycles. The summed E-state index contributed by atoms with van der Waals surface area (Å²) in [6.07, 6.45) is 0.146. The highest BCUT2D eigenvalue weighted by Crippen LogP contribution is 2.20. The Balaban J connectivity index is 1.74. The fourth-order valence-corrected chi connectivity index (χ4v) is 3.22. The van der Waals surface area contributed by atoms with E-state index in [2.05, 4.69) is 33.2 Å². The minimum atomic E-state index is -0.418. The van der Waals surface area contributed by atoms with Gasteiger partial charge in [0, 0.05) is 14.8 Å². The molecule has 0 fully saturated rings. The lowest BCUT2D eigenvalue weighted by atomic mass is 10.0. The average Bonchev–Trinajstić information content (AvgIpc) is 2.71. The van der Waals surface area contributed by atoms with Crippen LogP contribution in [0.25, 0.3) is 0 Å². The van der Waals surface area contributed by atoms with Crippen molar-refractivity contribution in [2.24, 2.45) is 0 Å². The predicted octanol–water partition coefficient (Wildman–Crippen LogP) is 5.10. The Morgan fingerprint density at radius 3 is 2.21 bits per heavy atom. The van der Waals surface area contributed by atoms with E-state index in [0.29, 0.717) is 5.56 Å². The third kappa shape index (κ3) is 5.42. The molecule has 0 heterocycles. The van der Waals surface area contributed by atoms with Crippen LogP contribution in [0.15, 0.2) is 78.9 Å². The van der Waals surface area contributed by atoms with Crippen LogP contribution >= 0.6 is 22.6 Å². The molecule has 1 atom stereocenters. The van der Waals surface area contributed by atoms with Crippen LogP contribution in [0.3, 0.4) is 0 Å². The first kappa shape index (κ1) is 20.1. The number of benzene rings is 3. The van der Waals surface area contributed by atoms with E-state index >= 15 is 0 Å². The molecule has 28 heavy (non-hydrogen) atoms. The molecular formula is C23H21IN2O2. The molecule has 0 radical (unpaired) electrons. The van der Waals surface area contributed by atoms with Crippen molar-refractivity contribution in [1.82, 2.24) is 5.32 Å². The lowest BCUT2D eigenvalue weighted by Crippen LogP contribution is -2.31. The van der Waals surface area contributed by atoms with Crippen LogP contribution in [0.4, 0.5) is 5.69 Å². The standard InChI is InChI=1S/C23H21IN2O2/c1-16-14-19(12-13-20(16)24)25-22(27)15-21(17-8-4-2-5-9-17)26-23(28)18-10-6-3-7-11-18/h2-14,21H,15H2,1H3,(H,25,27)(H,26,28)/t21-/m1/s1. The van der Waals surface area contributed by atoms with E-state index in [1.54, 1.807) is 12.1 Å². The number of anilines is 1. The fourth-order valence-electron chi connectivity index (χ4n) is 2.89. The van der Waals surface area contributed by atoms with E-state index in [1.165, 1.54) is 0 Å². The van der Waals surface area contributed by atoms with Crippen LogP contribution in [0.5, 0.6) is 0 Å². The number of hydrogen-bond donors (Lipinski definition) is 2. The minimum Gasteiger partial charge on any atom is -0.345 e. The molecule has 5 heteroatoms. The summed E-state index contributed by atoms with van der Waals surface area (Å²) in [5.74, 6) is -0.352. The molecule has 0 saturated heterocycles. The van der Waals surface area contributed by atoms with Gasteiger partial charge in [-0.2, -0.15) is 0 Å². The summed E-state index contributed by atoms with van der Waals surface area (Å²) in [5.41, 5.74) is 3.32. The molecule has 2 amide bonds. The molecule has 0 aliphatic rings. The van der Waals surface area contributed by atoms with E-state index in [1.807, 2.05) is 73.7 Å². The molecule has 3 rings (SSSR count). The van der Waals surface area contributed by atoms with E-state index in [-0.39, 0.29) is 18.2 Å². The molecule has 0 saturated carbocycles. The van der Waals surface area contributed by atoms with Gasteiger partial charge in [0.1, 0.15) is 0 Å². The summed E-state index contributed by atoms with van der Waals surface area (Å²) in [7, 11) is 0. The third-order valence-electron chi connectivity index (χ3n) is 4.37. The number of aryl methyl sites for hydroxylation is 1. The van der Waals surface area contributed by atoms with Gasteiger partial charge in [-0.15, -0.1) is 0 Å². The van der Waals surface area contributed by atoms with Crippen molar-refractivity contribution in [3.8, 4) is 0 Å². The SMILES string of the molecule is Cc1cc(NC(=O)C[C@@H](NC(=O)c2ccccc2)c2ccccc2)ccc1I. The lowest BCUT2D eigenvalue weighted by Gasteiger charge is -2.19.